The Morgan fingerprint density at radius 1 is 1.03 bits per heavy atom. The molecule has 0 saturated heterocycles. The molecule has 0 unspecified atom stereocenters. The van der Waals surface area contributed by atoms with Crippen molar-refractivity contribution in [2.24, 2.45) is 5.10 Å². The van der Waals surface area contributed by atoms with Gasteiger partial charge in [-0.3, -0.25) is 4.79 Å². The lowest BCUT2D eigenvalue weighted by atomic mass is 10.1. The number of nitrogens with zero attached hydrogens (tertiary/aromatic N) is 5. The van der Waals surface area contributed by atoms with Gasteiger partial charge in [-0.15, -0.1) is 10.2 Å². The van der Waals surface area contributed by atoms with Crippen LogP contribution in [0.15, 0.2) is 84.0 Å². The minimum atomic E-state index is -0.303. The number of benzene rings is 3. The average molecular weight is 412 g/mol. The van der Waals surface area contributed by atoms with Crippen molar-refractivity contribution >= 4 is 12.1 Å². The summed E-state index contributed by atoms with van der Waals surface area (Å²) in [7, 11) is 1.59. The van der Waals surface area contributed by atoms with Crippen molar-refractivity contribution in [1.82, 2.24) is 25.6 Å². The van der Waals surface area contributed by atoms with Gasteiger partial charge in [-0.2, -0.15) is 9.90 Å². The number of carbonyl (C=O) groups excluding carboxylic acids is 1. The maximum Gasteiger partial charge on any atom is 0.271 e. The molecule has 0 fully saturated rings. The van der Waals surface area contributed by atoms with Crippen molar-refractivity contribution in [3.05, 3.63) is 95.6 Å². The molecule has 8 nitrogen and oxygen atoms in total. The third-order valence-corrected chi connectivity index (χ3v) is 4.53. The van der Waals surface area contributed by atoms with Crippen molar-refractivity contribution in [3.63, 3.8) is 0 Å². The lowest BCUT2D eigenvalue weighted by Gasteiger charge is -2.04. The summed E-state index contributed by atoms with van der Waals surface area (Å²) in [5.41, 5.74) is 5.66. The molecule has 0 saturated carbocycles. The van der Waals surface area contributed by atoms with E-state index in [1.807, 2.05) is 66.7 Å². The Morgan fingerprint density at radius 3 is 2.55 bits per heavy atom. The van der Waals surface area contributed by atoms with Gasteiger partial charge in [0.05, 0.1) is 19.9 Å². The molecule has 0 aliphatic rings. The zero-order chi connectivity index (χ0) is 21.5. The maximum atomic E-state index is 12.3. The monoisotopic (exact) mass is 412 g/mol. The van der Waals surface area contributed by atoms with E-state index in [1.54, 1.807) is 25.5 Å². The Kier molecular flexibility index (Phi) is 6.08. The van der Waals surface area contributed by atoms with Gasteiger partial charge in [-0.05, 0) is 35.0 Å². The lowest BCUT2D eigenvalue weighted by Crippen LogP contribution is -2.17. The van der Waals surface area contributed by atoms with Crippen LogP contribution in [0.3, 0.4) is 0 Å². The summed E-state index contributed by atoms with van der Waals surface area (Å²) in [6.45, 7) is 0.452. The molecule has 4 rings (SSSR count). The Morgan fingerprint density at radius 2 is 1.77 bits per heavy atom. The topological polar surface area (TPSA) is 94.3 Å². The van der Waals surface area contributed by atoms with Gasteiger partial charge in [0.25, 0.3) is 5.91 Å². The Labute approximate surface area is 179 Å². The number of tetrazole rings is 1. The number of amides is 1. The highest BCUT2D eigenvalue weighted by Crippen LogP contribution is 2.15. The fourth-order valence-corrected chi connectivity index (χ4v) is 2.94. The zero-order valence-electron chi connectivity index (χ0n) is 16.8. The molecule has 154 valence electrons. The molecule has 1 N–H and O–H groups in total. The van der Waals surface area contributed by atoms with E-state index in [1.165, 1.54) is 4.80 Å². The molecular formula is C23H20N6O2. The van der Waals surface area contributed by atoms with E-state index in [9.17, 15) is 4.79 Å². The number of carbonyl (C=O) groups is 1. The second kappa shape index (κ2) is 9.45. The summed E-state index contributed by atoms with van der Waals surface area (Å²) in [6, 6.07) is 24.3. The van der Waals surface area contributed by atoms with Crippen LogP contribution in [0, 0.1) is 0 Å². The Bertz CT molecular complexity index is 1190. The first kappa shape index (κ1) is 20.0. The molecule has 1 aromatic heterocycles. The summed E-state index contributed by atoms with van der Waals surface area (Å²) in [6.07, 6.45) is 1.55. The van der Waals surface area contributed by atoms with Crippen molar-refractivity contribution in [2.75, 3.05) is 7.11 Å². The van der Waals surface area contributed by atoms with Crippen LogP contribution < -0.4 is 10.2 Å². The van der Waals surface area contributed by atoms with E-state index in [0.717, 1.165) is 16.7 Å². The number of ether oxygens (including phenoxy) is 1. The van der Waals surface area contributed by atoms with Gasteiger partial charge in [-0.25, -0.2) is 5.43 Å². The summed E-state index contributed by atoms with van der Waals surface area (Å²) in [5.74, 6) is 0.953. The van der Waals surface area contributed by atoms with Crippen LogP contribution in [0.25, 0.3) is 11.4 Å². The fraction of sp³-hybridized carbons (Fsp3) is 0.0870. The molecule has 0 spiro atoms. The SMILES string of the molecule is COc1ccccc1/C=N/NC(=O)c1ccc(Cn2nnc(-c3ccccc3)n2)cc1. The van der Waals surface area contributed by atoms with Gasteiger partial charge < -0.3 is 4.74 Å². The Balaban J connectivity index is 1.36. The number of para-hydroxylation sites is 1. The maximum absolute atomic E-state index is 12.3. The number of nitrogens with one attached hydrogen (secondary N) is 1. The van der Waals surface area contributed by atoms with Crippen LogP contribution in [0.4, 0.5) is 0 Å². The minimum absolute atomic E-state index is 0.303. The summed E-state index contributed by atoms with van der Waals surface area (Å²) >= 11 is 0. The molecule has 0 atom stereocenters. The molecule has 31 heavy (non-hydrogen) atoms. The highest BCUT2D eigenvalue weighted by atomic mass is 16.5. The highest BCUT2D eigenvalue weighted by Gasteiger charge is 2.08. The van der Waals surface area contributed by atoms with Crippen LogP contribution >= 0.6 is 0 Å². The predicted octanol–water partition coefficient (Wildman–Crippen LogP) is 3.16. The lowest BCUT2D eigenvalue weighted by molar-refractivity contribution is 0.0955. The normalized spacial score (nSPS) is 10.9. The first-order chi connectivity index (χ1) is 15.2. The largest absolute Gasteiger partial charge is 0.496 e. The summed E-state index contributed by atoms with van der Waals surface area (Å²) in [4.78, 5) is 13.8. The van der Waals surface area contributed by atoms with E-state index in [4.69, 9.17) is 4.74 Å². The minimum Gasteiger partial charge on any atom is -0.496 e. The van der Waals surface area contributed by atoms with Gasteiger partial charge in [0.15, 0.2) is 0 Å². The number of methoxy groups -OCH3 is 1. The molecule has 0 radical (unpaired) electrons. The van der Waals surface area contributed by atoms with E-state index in [2.05, 4.69) is 25.9 Å². The van der Waals surface area contributed by atoms with E-state index < -0.39 is 0 Å². The highest BCUT2D eigenvalue weighted by molar-refractivity contribution is 5.95. The van der Waals surface area contributed by atoms with Gasteiger partial charge in [-0.1, -0.05) is 54.6 Å². The number of hydrazone groups is 1. The first-order valence-electron chi connectivity index (χ1n) is 9.61. The molecular weight excluding hydrogens is 392 g/mol. The summed E-state index contributed by atoms with van der Waals surface area (Å²) < 4.78 is 5.26. The second-order valence-corrected chi connectivity index (χ2v) is 6.65. The molecule has 0 bridgehead atoms. The van der Waals surface area contributed by atoms with Crippen molar-refractivity contribution in [1.29, 1.82) is 0 Å². The predicted molar refractivity (Wildman–Crippen MR) is 117 cm³/mol. The van der Waals surface area contributed by atoms with Gasteiger partial charge in [0.2, 0.25) is 5.82 Å². The Hall–Kier alpha value is -4.33. The molecule has 1 heterocycles. The van der Waals surface area contributed by atoms with Crippen LogP contribution in [0.5, 0.6) is 5.75 Å². The third-order valence-electron chi connectivity index (χ3n) is 4.53. The third kappa shape index (κ3) is 4.99. The van der Waals surface area contributed by atoms with Crippen molar-refractivity contribution in [2.45, 2.75) is 6.54 Å². The van der Waals surface area contributed by atoms with Crippen molar-refractivity contribution in [3.8, 4) is 17.1 Å². The van der Waals surface area contributed by atoms with Gasteiger partial charge >= 0.3 is 0 Å². The van der Waals surface area contributed by atoms with E-state index >= 15 is 0 Å². The van der Waals surface area contributed by atoms with Crippen LogP contribution in [-0.2, 0) is 6.54 Å². The first-order valence-corrected chi connectivity index (χ1v) is 9.61. The zero-order valence-corrected chi connectivity index (χ0v) is 16.8. The number of hydrogen-bond donors (Lipinski definition) is 1. The number of hydrogen-bond acceptors (Lipinski definition) is 6. The number of aromatic nitrogens is 4. The molecule has 0 aliphatic heterocycles. The van der Waals surface area contributed by atoms with Crippen LogP contribution in [0.2, 0.25) is 0 Å². The average Bonchev–Trinajstić information content (AvgIpc) is 3.29. The molecule has 8 heteroatoms. The number of rotatable bonds is 7. The smallest absolute Gasteiger partial charge is 0.271 e. The second-order valence-electron chi connectivity index (χ2n) is 6.65. The quantitative estimate of drug-likeness (QED) is 0.372. The molecule has 1 amide bonds. The molecule has 4 aromatic rings. The van der Waals surface area contributed by atoms with E-state index in [0.29, 0.717) is 23.7 Å². The van der Waals surface area contributed by atoms with E-state index in [-0.39, 0.29) is 5.91 Å². The van der Waals surface area contributed by atoms with Gasteiger partial charge in [0, 0.05) is 16.7 Å². The fourth-order valence-electron chi connectivity index (χ4n) is 2.94. The molecule has 0 aliphatic carbocycles. The van der Waals surface area contributed by atoms with Crippen molar-refractivity contribution < 1.29 is 9.53 Å². The van der Waals surface area contributed by atoms with Crippen LogP contribution in [-0.4, -0.2) is 39.4 Å². The van der Waals surface area contributed by atoms with Gasteiger partial charge in [0.1, 0.15) is 5.75 Å². The molecule has 3 aromatic carbocycles. The summed E-state index contributed by atoms with van der Waals surface area (Å²) in [5, 5.41) is 16.6. The van der Waals surface area contributed by atoms with Crippen LogP contribution in [0.1, 0.15) is 21.5 Å². The standard InChI is InChI=1S/C23H20N6O2/c1-31-21-10-6-5-9-20(21)15-24-26-23(30)19-13-11-17(12-14-19)16-29-27-22(25-28-29)18-7-3-2-4-8-18/h2-15H,16H2,1H3,(H,26,30)/b24-15+.